The van der Waals surface area contributed by atoms with Gasteiger partial charge in [0, 0.05) is 31.7 Å². The molecule has 1 saturated heterocycles. The van der Waals surface area contributed by atoms with Gasteiger partial charge in [0.15, 0.2) is 0 Å². The van der Waals surface area contributed by atoms with Crippen molar-refractivity contribution < 1.29 is 9.90 Å². The average molecular weight is 200 g/mol. The van der Waals surface area contributed by atoms with E-state index in [1.165, 1.54) is 0 Å². The molecule has 1 aliphatic rings. The van der Waals surface area contributed by atoms with Crippen molar-refractivity contribution in [1.82, 2.24) is 10.2 Å². The maximum absolute atomic E-state index is 10.7. The molecule has 4 heteroatoms. The molecule has 0 spiro atoms. The van der Waals surface area contributed by atoms with E-state index in [2.05, 4.69) is 24.1 Å². The molecule has 0 radical (unpaired) electrons. The zero-order chi connectivity index (χ0) is 10.7. The van der Waals surface area contributed by atoms with E-state index in [1.54, 1.807) is 6.92 Å². The van der Waals surface area contributed by atoms with Crippen molar-refractivity contribution in [3.63, 3.8) is 0 Å². The molecule has 82 valence electrons. The van der Waals surface area contributed by atoms with Gasteiger partial charge in [0.25, 0.3) is 0 Å². The molecule has 0 aromatic rings. The number of carbonyl (C=O) groups is 1. The van der Waals surface area contributed by atoms with E-state index in [-0.39, 0.29) is 5.92 Å². The second-order valence-electron chi connectivity index (χ2n) is 4.43. The highest BCUT2D eigenvalue weighted by Gasteiger charge is 2.23. The van der Waals surface area contributed by atoms with Gasteiger partial charge < -0.3 is 10.4 Å². The molecule has 3 unspecified atom stereocenters. The third-order valence-corrected chi connectivity index (χ3v) is 2.59. The number of hydrogen-bond acceptors (Lipinski definition) is 3. The molecule has 1 heterocycles. The van der Waals surface area contributed by atoms with Gasteiger partial charge in [0.1, 0.15) is 0 Å². The number of nitrogens with zero attached hydrogens (tertiary/aromatic N) is 1. The Balaban J connectivity index is 2.40. The lowest BCUT2D eigenvalue weighted by Gasteiger charge is -2.36. The zero-order valence-electron chi connectivity index (χ0n) is 9.16. The third-order valence-electron chi connectivity index (χ3n) is 2.59. The van der Waals surface area contributed by atoms with E-state index in [0.717, 1.165) is 13.1 Å². The third kappa shape index (κ3) is 3.27. The lowest BCUT2D eigenvalue weighted by Crippen LogP contribution is -2.55. The quantitative estimate of drug-likeness (QED) is 0.692. The van der Waals surface area contributed by atoms with Gasteiger partial charge >= 0.3 is 5.97 Å². The van der Waals surface area contributed by atoms with Gasteiger partial charge in [-0.3, -0.25) is 9.69 Å². The molecule has 0 aromatic heterocycles. The van der Waals surface area contributed by atoms with Crippen LogP contribution in [0.2, 0.25) is 0 Å². The van der Waals surface area contributed by atoms with Gasteiger partial charge in [-0.1, -0.05) is 6.92 Å². The Morgan fingerprint density at radius 2 is 2.00 bits per heavy atom. The van der Waals surface area contributed by atoms with Crippen molar-refractivity contribution >= 4 is 5.97 Å². The lowest BCUT2D eigenvalue weighted by atomic mass is 10.1. The number of carboxylic acid groups (broad SMARTS) is 1. The number of nitrogens with one attached hydrogen (secondary N) is 1. The summed E-state index contributed by atoms with van der Waals surface area (Å²) in [5.74, 6) is -0.976. The number of aliphatic carboxylic acids is 1. The van der Waals surface area contributed by atoms with Crippen molar-refractivity contribution in [3.8, 4) is 0 Å². The molecule has 0 amide bonds. The van der Waals surface area contributed by atoms with Crippen LogP contribution in [0.5, 0.6) is 0 Å². The molecule has 3 atom stereocenters. The summed E-state index contributed by atoms with van der Waals surface area (Å²) in [6.45, 7) is 8.58. The molecule has 0 aromatic carbocycles. The fraction of sp³-hybridized carbons (Fsp3) is 0.900. The van der Waals surface area contributed by atoms with Crippen LogP contribution in [0.25, 0.3) is 0 Å². The molecule has 1 fully saturated rings. The Hall–Kier alpha value is -0.610. The van der Waals surface area contributed by atoms with Crippen LogP contribution in [0.1, 0.15) is 20.8 Å². The number of carboxylic acids is 1. The minimum Gasteiger partial charge on any atom is -0.481 e. The molecular formula is C10H20N2O2. The van der Waals surface area contributed by atoms with Gasteiger partial charge in [-0.2, -0.15) is 0 Å². The van der Waals surface area contributed by atoms with Crippen LogP contribution >= 0.6 is 0 Å². The van der Waals surface area contributed by atoms with Crippen LogP contribution in [0.4, 0.5) is 0 Å². The van der Waals surface area contributed by atoms with Crippen molar-refractivity contribution in [2.24, 2.45) is 5.92 Å². The number of hydrogen-bond donors (Lipinski definition) is 2. The molecule has 14 heavy (non-hydrogen) atoms. The van der Waals surface area contributed by atoms with Gasteiger partial charge in [0.2, 0.25) is 0 Å². The fourth-order valence-electron chi connectivity index (χ4n) is 2.05. The van der Waals surface area contributed by atoms with E-state index in [4.69, 9.17) is 5.11 Å². The van der Waals surface area contributed by atoms with Gasteiger partial charge in [-0.25, -0.2) is 0 Å². The molecule has 1 rings (SSSR count). The summed E-state index contributed by atoms with van der Waals surface area (Å²) < 4.78 is 0. The fourth-order valence-corrected chi connectivity index (χ4v) is 2.05. The van der Waals surface area contributed by atoms with Crippen LogP contribution in [0.15, 0.2) is 0 Å². The average Bonchev–Trinajstić information content (AvgIpc) is 2.01. The molecule has 0 aliphatic carbocycles. The van der Waals surface area contributed by atoms with Crippen molar-refractivity contribution in [1.29, 1.82) is 0 Å². The first-order valence-corrected chi connectivity index (χ1v) is 5.20. The highest BCUT2D eigenvalue weighted by Crippen LogP contribution is 2.07. The highest BCUT2D eigenvalue weighted by molar-refractivity contribution is 5.69. The monoisotopic (exact) mass is 200 g/mol. The van der Waals surface area contributed by atoms with Crippen LogP contribution < -0.4 is 5.32 Å². The Morgan fingerprint density at radius 3 is 2.43 bits per heavy atom. The number of piperazine rings is 1. The second kappa shape index (κ2) is 4.75. The van der Waals surface area contributed by atoms with Crippen LogP contribution in [-0.4, -0.2) is 47.7 Å². The largest absolute Gasteiger partial charge is 0.481 e. The minimum absolute atomic E-state index is 0.271. The Morgan fingerprint density at radius 1 is 1.50 bits per heavy atom. The minimum atomic E-state index is -0.705. The lowest BCUT2D eigenvalue weighted by molar-refractivity contribution is -0.141. The second-order valence-corrected chi connectivity index (χ2v) is 4.43. The van der Waals surface area contributed by atoms with Gasteiger partial charge in [-0.05, 0) is 13.8 Å². The Labute approximate surface area is 85.3 Å². The van der Waals surface area contributed by atoms with Crippen LogP contribution in [0.3, 0.4) is 0 Å². The summed E-state index contributed by atoms with van der Waals surface area (Å²) in [7, 11) is 0. The first-order chi connectivity index (χ1) is 6.49. The Kier molecular flexibility index (Phi) is 3.89. The summed E-state index contributed by atoms with van der Waals surface area (Å²) in [6.07, 6.45) is 0. The highest BCUT2D eigenvalue weighted by atomic mass is 16.4. The molecule has 0 saturated carbocycles. The summed E-state index contributed by atoms with van der Waals surface area (Å²) in [6, 6.07) is 0.916. The van der Waals surface area contributed by atoms with Crippen LogP contribution in [0, 0.1) is 5.92 Å². The first kappa shape index (κ1) is 11.5. The summed E-state index contributed by atoms with van der Waals surface area (Å²) in [5, 5.41) is 12.2. The molecule has 1 aliphatic heterocycles. The smallest absolute Gasteiger partial charge is 0.307 e. The van der Waals surface area contributed by atoms with Crippen molar-refractivity contribution in [2.45, 2.75) is 32.9 Å². The predicted molar refractivity (Wildman–Crippen MR) is 55.3 cm³/mol. The van der Waals surface area contributed by atoms with E-state index >= 15 is 0 Å². The van der Waals surface area contributed by atoms with E-state index in [9.17, 15) is 4.79 Å². The Bertz CT molecular complexity index is 198. The molecule has 4 nitrogen and oxygen atoms in total. The maximum Gasteiger partial charge on any atom is 0.307 e. The SMILES string of the molecule is CC1CN(CC(C)C(=O)O)CC(C)N1. The van der Waals surface area contributed by atoms with Gasteiger partial charge in [-0.15, -0.1) is 0 Å². The van der Waals surface area contributed by atoms with E-state index < -0.39 is 5.97 Å². The van der Waals surface area contributed by atoms with Crippen molar-refractivity contribution in [2.75, 3.05) is 19.6 Å². The van der Waals surface area contributed by atoms with Crippen molar-refractivity contribution in [3.05, 3.63) is 0 Å². The molecular weight excluding hydrogens is 180 g/mol. The summed E-state index contributed by atoms with van der Waals surface area (Å²) >= 11 is 0. The molecule has 0 bridgehead atoms. The van der Waals surface area contributed by atoms with E-state index in [0.29, 0.717) is 18.6 Å². The first-order valence-electron chi connectivity index (χ1n) is 5.20. The summed E-state index contributed by atoms with van der Waals surface area (Å²) in [5.41, 5.74) is 0. The summed E-state index contributed by atoms with van der Waals surface area (Å²) in [4.78, 5) is 12.9. The topological polar surface area (TPSA) is 52.6 Å². The zero-order valence-corrected chi connectivity index (χ0v) is 9.16. The number of rotatable bonds is 3. The maximum atomic E-state index is 10.7. The van der Waals surface area contributed by atoms with Crippen LogP contribution in [-0.2, 0) is 4.79 Å². The predicted octanol–water partition coefficient (Wildman–Crippen LogP) is 0.389. The van der Waals surface area contributed by atoms with Gasteiger partial charge in [0.05, 0.1) is 5.92 Å². The standard InChI is InChI=1S/C10H20N2O2/c1-7(10(13)14)4-12-5-8(2)11-9(3)6-12/h7-9,11H,4-6H2,1-3H3,(H,13,14). The van der Waals surface area contributed by atoms with E-state index in [1.807, 2.05) is 0 Å². The molecule has 2 N–H and O–H groups in total. The normalized spacial score (nSPS) is 31.4.